The summed E-state index contributed by atoms with van der Waals surface area (Å²) in [6.07, 6.45) is 4.14. The minimum absolute atomic E-state index is 0.0377. The summed E-state index contributed by atoms with van der Waals surface area (Å²) in [5, 5.41) is 0. The molecule has 5 rings (SSSR count). The van der Waals surface area contributed by atoms with E-state index in [9.17, 15) is 18.4 Å². The molecule has 0 aromatic heterocycles. The summed E-state index contributed by atoms with van der Waals surface area (Å²) < 4.78 is 27.6. The maximum absolute atomic E-state index is 14.0. The third-order valence-electron chi connectivity index (χ3n) is 7.34. The maximum Gasteiger partial charge on any atom is 0.189 e. The molecule has 0 heterocycles. The highest BCUT2D eigenvalue weighted by molar-refractivity contribution is 6.10. The van der Waals surface area contributed by atoms with E-state index in [1.54, 1.807) is 31.2 Å². The zero-order chi connectivity index (χ0) is 26.6. The molecule has 190 valence electrons. The number of rotatable bonds is 8. The lowest BCUT2D eigenvalue weighted by Crippen LogP contribution is -2.12. The van der Waals surface area contributed by atoms with Gasteiger partial charge in [-0.2, -0.15) is 0 Å². The van der Waals surface area contributed by atoms with Gasteiger partial charge >= 0.3 is 0 Å². The number of carbonyl (C=O) groups excluding carboxylic acids is 2. The van der Waals surface area contributed by atoms with Crippen molar-refractivity contribution in [3.8, 4) is 0 Å². The van der Waals surface area contributed by atoms with E-state index in [0.29, 0.717) is 23.1 Å². The fraction of sp³-hybridized carbons (Fsp3) is 0.176. The second-order valence-corrected chi connectivity index (χ2v) is 9.86. The molecule has 0 saturated heterocycles. The first-order valence-corrected chi connectivity index (χ1v) is 12.8. The Morgan fingerprint density at radius 3 is 2.26 bits per heavy atom. The highest BCUT2D eigenvalue weighted by atomic mass is 19.1. The third-order valence-corrected chi connectivity index (χ3v) is 7.34. The molecule has 2 atom stereocenters. The van der Waals surface area contributed by atoms with Gasteiger partial charge in [0.25, 0.3) is 0 Å². The molecule has 1 aliphatic rings. The van der Waals surface area contributed by atoms with Crippen molar-refractivity contribution in [3.05, 3.63) is 154 Å². The summed E-state index contributed by atoms with van der Waals surface area (Å²) in [5.41, 5.74) is 5.86. The molecule has 0 fully saturated rings. The van der Waals surface area contributed by atoms with Crippen LogP contribution in [0.1, 0.15) is 68.2 Å². The highest BCUT2D eigenvalue weighted by Crippen LogP contribution is 2.45. The van der Waals surface area contributed by atoms with E-state index < -0.39 is 5.82 Å². The first kappa shape index (κ1) is 25.5. The van der Waals surface area contributed by atoms with Crippen LogP contribution in [0.25, 0.3) is 0 Å². The van der Waals surface area contributed by atoms with Crippen LogP contribution in [0.15, 0.2) is 109 Å². The third kappa shape index (κ3) is 5.55. The first-order chi connectivity index (χ1) is 18.4. The second-order valence-electron chi connectivity index (χ2n) is 9.86. The SMILES string of the molecule is CC(=O)c1cccc(CCc2ccccc2C2CC(c3ccc(F)cc3)C=C2C(=O)c2cccc(F)c2)c1. The van der Waals surface area contributed by atoms with Gasteiger partial charge in [-0.3, -0.25) is 9.59 Å². The minimum Gasteiger partial charge on any atom is -0.295 e. The fourth-order valence-electron chi connectivity index (χ4n) is 5.38. The molecule has 1 aliphatic carbocycles. The van der Waals surface area contributed by atoms with E-state index in [-0.39, 0.29) is 29.2 Å². The van der Waals surface area contributed by atoms with Crippen molar-refractivity contribution in [1.29, 1.82) is 0 Å². The van der Waals surface area contributed by atoms with Gasteiger partial charge in [-0.1, -0.05) is 72.8 Å². The Morgan fingerprint density at radius 1 is 0.763 bits per heavy atom. The Bertz CT molecular complexity index is 1520. The number of hydrogen-bond donors (Lipinski definition) is 0. The molecule has 0 amide bonds. The molecule has 4 aromatic carbocycles. The van der Waals surface area contributed by atoms with Crippen LogP contribution < -0.4 is 0 Å². The summed E-state index contributed by atoms with van der Waals surface area (Å²) in [4.78, 5) is 25.5. The van der Waals surface area contributed by atoms with E-state index in [0.717, 1.165) is 35.1 Å². The van der Waals surface area contributed by atoms with E-state index in [4.69, 9.17) is 0 Å². The standard InChI is InChI=1S/C34H28F2O2/c1-22(37)26-8-4-6-23(18-26)12-13-25-7-2-3-11-31(25)32-20-28(24-14-16-29(35)17-15-24)21-33(32)34(38)27-9-5-10-30(36)19-27/h2-11,14-19,21,28,32H,12-13,20H2,1H3. The molecule has 0 N–H and O–H groups in total. The molecular weight excluding hydrogens is 478 g/mol. The molecule has 0 bridgehead atoms. The number of allylic oxidation sites excluding steroid dienone is 2. The molecule has 0 radical (unpaired) electrons. The highest BCUT2D eigenvalue weighted by Gasteiger charge is 2.34. The quantitative estimate of drug-likeness (QED) is 0.227. The molecule has 2 unspecified atom stereocenters. The van der Waals surface area contributed by atoms with Crippen LogP contribution in [0.3, 0.4) is 0 Å². The van der Waals surface area contributed by atoms with Gasteiger partial charge < -0.3 is 0 Å². The zero-order valence-electron chi connectivity index (χ0n) is 21.2. The van der Waals surface area contributed by atoms with Crippen molar-refractivity contribution in [2.75, 3.05) is 0 Å². The minimum atomic E-state index is -0.450. The number of hydrogen-bond acceptors (Lipinski definition) is 2. The largest absolute Gasteiger partial charge is 0.295 e. The smallest absolute Gasteiger partial charge is 0.189 e. The van der Waals surface area contributed by atoms with Gasteiger partial charge in [-0.25, -0.2) is 8.78 Å². The normalized spacial score (nSPS) is 16.8. The van der Waals surface area contributed by atoms with Gasteiger partial charge in [0.2, 0.25) is 0 Å². The molecule has 0 spiro atoms. The molecule has 4 heteroatoms. The predicted molar refractivity (Wildman–Crippen MR) is 146 cm³/mol. The summed E-state index contributed by atoms with van der Waals surface area (Å²) in [6.45, 7) is 1.57. The average molecular weight is 507 g/mol. The number of benzene rings is 4. The van der Waals surface area contributed by atoms with Gasteiger partial charge in [-0.05, 0) is 78.8 Å². The Morgan fingerprint density at radius 2 is 1.50 bits per heavy atom. The monoisotopic (exact) mass is 506 g/mol. The van der Waals surface area contributed by atoms with Crippen LogP contribution in [0.4, 0.5) is 8.78 Å². The van der Waals surface area contributed by atoms with Gasteiger partial charge in [0.15, 0.2) is 11.6 Å². The number of halogens is 2. The van der Waals surface area contributed by atoms with Crippen LogP contribution >= 0.6 is 0 Å². The second kappa shape index (κ2) is 11.1. The summed E-state index contributed by atoms with van der Waals surface area (Å²) >= 11 is 0. The number of carbonyl (C=O) groups is 2. The van der Waals surface area contributed by atoms with E-state index >= 15 is 0 Å². The van der Waals surface area contributed by atoms with Crippen molar-refractivity contribution in [2.24, 2.45) is 0 Å². The summed E-state index contributed by atoms with van der Waals surface area (Å²) in [5.74, 6) is -1.15. The molecule has 0 aliphatic heterocycles. The number of Topliss-reactive ketones (excluding diaryl/α,β-unsaturated/α-hetero) is 2. The molecule has 38 heavy (non-hydrogen) atoms. The van der Waals surface area contributed by atoms with Crippen LogP contribution in [-0.4, -0.2) is 11.6 Å². The van der Waals surface area contributed by atoms with Crippen LogP contribution in [0.2, 0.25) is 0 Å². The van der Waals surface area contributed by atoms with Crippen LogP contribution in [0, 0.1) is 11.6 Å². The first-order valence-electron chi connectivity index (χ1n) is 12.8. The number of ketones is 2. The van der Waals surface area contributed by atoms with Gasteiger partial charge in [0.05, 0.1) is 0 Å². The van der Waals surface area contributed by atoms with Crippen molar-refractivity contribution in [3.63, 3.8) is 0 Å². The molecule has 4 aromatic rings. The van der Waals surface area contributed by atoms with Crippen LogP contribution in [0.5, 0.6) is 0 Å². The summed E-state index contributed by atoms with van der Waals surface area (Å²) in [6, 6.07) is 28.0. The van der Waals surface area contributed by atoms with Gasteiger partial charge in [0.1, 0.15) is 11.6 Å². The molecule has 2 nitrogen and oxygen atoms in total. The maximum atomic E-state index is 14.0. The average Bonchev–Trinajstić information content (AvgIpc) is 3.37. The van der Waals surface area contributed by atoms with Crippen molar-refractivity contribution < 1.29 is 18.4 Å². The molecular formula is C34H28F2O2. The zero-order valence-corrected chi connectivity index (χ0v) is 21.2. The Balaban J connectivity index is 1.48. The van der Waals surface area contributed by atoms with Gasteiger partial charge in [-0.15, -0.1) is 0 Å². The lowest BCUT2D eigenvalue weighted by atomic mass is 9.83. The van der Waals surface area contributed by atoms with Crippen LogP contribution in [-0.2, 0) is 12.8 Å². The summed E-state index contributed by atoms with van der Waals surface area (Å²) in [7, 11) is 0. The topological polar surface area (TPSA) is 34.1 Å². The van der Waals surface area contributed by atoms with Gasteiger partial charge in [0, 0.05) is 28.5 Å². The Kier molecular flexibility index (Phi) is 7.41. The van der Waals surface area contributed by atoms with E-state index in [2.05, 4.69) is 12.1 Å². The Labute approximate surface area is 221 Å². The molecule has 0 saturated carbocycles. The fourth-order valence-corrected chi connectivity index (χ4v) is 5.38. The lowest BCUT2D eigenvalue weighted by Gasteiger charge is -2.20. The van der Waals surface area contributed by atoms with Crippen molar-refractivity contribution >= 4 is 11.6 Å². The van der Waals surface area contributed by atoms with E-state index in [1.807, 2.05) is 42.5 Å². The predicted octanol–water partition coefficient (Wildman–Crippen LogP) is 8.03. The van der Waals surface area contributed by atoms with E-state index in [1.165, 1.54) is 24.3 Å². The lowest BCUT2D eigenvalue weighted by molar-refractivity contribution is 0.101. The van der Waals surface area contributed by atoms with Crippen molar-refractivity contribution in [2.45, 2.75) is 38.0 Å². The number of aryl methyl sites for hydroxylation is 2. The van der Waals surface area contributed by atoms with Crippen molar-refractivity contribution in [1.82, 2.24) is 0 Å². The Hall–Kier alpha value is -4.18.